The van der Waals surface area contributed by atoms with Gasteiger partial charge in [0.25, 0.3) is 11.5 Å². The number of amides is 1. The molecule has 1 N–H and O–H groups in total. The summed E-state index contributed by atoms with van der Waals surface area (Å²) in [4.78, 5) is 34.9. The predicted octanol–water partition coefficient (Wildman–Crippen LogP) is 1.67. The minimum absolute atomic E-state index is 0.109. The molecule has 25 heavy (non-hydrogen) atoms. The number of carbonyl (C=O) groups is 2. The van der Waals surface area contributed by atoms with Crippen molar-refractivity contribution < 1.29 is 19.2 Å². The van der Waals surface area contributed by atoms with Crippen LogP contribution in [0.4, 0.5) is 10.2 Å². The normalized spacial score (nSPS) is 21.2. The summed E-state index contributed by atoms with van der Waals surface area (Å²) < 4.78 is 15.6. The van der Waals surface area contributed by atoms with Crippen LogP contribution in [0.15, 0.2) is 53.5 Å². The van der Waals surface area contributed by atoms with Crippen LogP contribution in [0.1, 0.15) is 6.42 Å². The van der Waals surface area contributed by atoms with Gasteiger partial charge < -0.3 is 5.11 Å². The third kappa shape index (κ3) is 2.65. The Labute approximate surface area is 141 Å². The van der Waals surface area contributed by atoms with Crippen LogP contribution in [0.3, 0.4) is 0 Å². The summed E-state index contributed by atoms with van der Waals surface area (Å²) in [5, 5.41) is 17.8. The smallest absolute Gasteiger partial charge is 0.324 e. The van der Waals surface area contributed by atoms with E-state index in [2.05, 4.69) is 0 Å². The molecular weight excluding hydrogens is 329 g/mol. The van der Waals surface area contributed by atoms with Crippen LogP contribution in [0.2, 0.25) is 0 Å². The number of aliphatic carboxylic acids is 1. The maximum Gasteiger partial charge on any atom is 0.324 e. The topological polar surface area (TPSA) is 103 Å². The number of anilines is 1. The molecule has 7 nitrogen and oxygen atoms in total. The first-order valence-electron chi connectivity index (χ1n) is 7.33. The number of pyridine rings is 1. The van der Waals surface area contributed by atoms with Crippen LogP contribution in [0, 0.1) is 22.7 Å². The van der Waals surface area contributed by atoms with E-state index in [1.54, 1.807) is 24.4 Å². The second-order valence-electron chi connectivity index (χ2n) is 5.69. The third-order valence-electron chi connectivity index (χ3n) is 4.21. The number of carboxylic acids is 1. The van der Waals surface area contributed by atoms with Crippen molar-refractivity contribution in [1.29, 1.82) is 5.26 Å². The van der Waals surface area contributed by atoms with Gasteiger partial charge in [-0.15, -0.1) is 5.12 Å². The molecule has 0 spiro atoms. The zero-order valence-electron chi connectivity index (χ0n) is 12.8. The van der Waals surface area contributed by atoms with E-state index in [1.165, 1.54) is 34.9 Å². The molecule has 0 radical (unpaired) electrons. The number of nitrogens with zero attached hydrogens (tertiary/aromatic N) is 3. The van der Waals surface area contributed by atoms with E-state index in [-0.39, 0.29) is 22.8 Å². The molecule has 1 aromatic carbocycles. The monoisotopic (exact) mass is 341 g/mol. The molecule has 0 aliphatic heterocycles. The fourth-order valence-corrected chi connectivity index (χ4v) is 2.62. The van der Waals surface area contributed by atoms with Crippen LogP contribution in [-0.2, 0) is 9.59 Å². The number of benzene rings is 1. The van der Waals surface area contributed by atoms with E-state index in [0.717, 1.165) is 0 Å². The highest BCUT2D eigenvalue weighted by Gasteiger charge is 2.66. The molecule has 2 aromatic rings. The molecule has 3 rings (SSSR count). The van der Waals surface area contributed by atoms with E-state index >= 15 is 0 Å². The minimum atomic E-state index is -1.85. The lowest BCUT2D eigenvalue weighted by molar-refractivity contribution is -0.143. The summed E-state index contributed by atoms with van der Waals surface area (Å²) >= 11 is 0. The number of hydrogen-bond acceptors (Lipinski definition) is 4. The number of carboxylic acid groups (broad SMARTS) is 1. The molecule has 0 saturated heterocycles. The van der Waals surface area contributed by atoms with Gasteiger partial charge in [0.05, 0.1) is 17.7 Å². The van der Waals surface area contributed by atoms with Gasteiger partial charge in [-0.25, -0.2) is 0 Å². The van der Waals surface area contributed by atoms with Crippen LogP contribution < -0.4 is 10.7 Å². The van der Waals surface area contributed by atoms with Crippen LogP contribution >= 0.6 is 0 Å². The van der Waals surface area contributed by atoms with Crippen molar-refractivity contribution in [1.82, 2.24) is 4.57 Å². The summed E-state index contributed by atoms with van der Waals surface area (Å²) in [5.41, 5.74) is -1.74. The predicted molar refractivity (Wildman–Crippen MR) is 84.4 cm³/mol. The van der Waals surface area contributed by atoms with Crippen molar-refractivity contribution in [2.45, 2.75) is 6.42 Å². The Morgan fingerprint density at radius 1 is 1.28 bits per heavy atom. The molecule has 1 saturated carbocycles. The second-order valence-corrected chi connectivity index (χ2v) is 5.69. The Hall–Kier alpha value is -3.47. The zero-order chi connectivity index (χ0) is 18.2. The summed E-state index contributed by atoms with van der Waals surface area (Å²) in [6.45, 7) is 0. The number of hydrogen-bond donors (Lipinski definition) is 1. The van der Waals surface area contributed by atoms with Gasteiger partial charge in [0.15, 0.2) is 5.41 Å². The van der Waals surface area contributed by atoms with Crippen molar-refractivity contribution in [2.24, 2.45) is 11.3 Å². The highest BCUT2D eigenvalue weighted by atomic mass is 19.2. The summed E-state index contributed by atoms with van der Waals surface area (Å²) in [6, 6.07) is 11.7. The van der Waals surface area contributed by atoms with E-state index in [4.69, 9.17) is 10.4 Å². The molecule has 1 aliphatic rings. The molecule has 0 bridgehead atoms. The fraction of sp³-hybridized carbons (Fsp3) is 0.176. The summed E-state index contributed by atoms with van der Waals surface area (Å²) in [6.07, 6.45) is 1.34. The van der Waals surface area contributed by atoms with E-state index in [1.807, 2.05) is 0 Å². The Morgan fingerprint density at radius 2 is 1.96 bits per heavy atom. The molecular formula is C17H12FN3O4. The van der Waals surface area contributed by atoms with Gasteiger partial charge in [-0.3, -0.25) is 19.0 Å². The first-order chi connectivity index (χ1) is 11.9. The summed E-state index contributed by atoms with van der Waals surface area (Å²) in [5.74, 6) is -3.72. The van der Waals surface area contributed by atoms with Crippen molar-refractivity contribution in [3.63, 3.8) is 0 Å². The van der Waals surface area contributed by atoms with Gasteiger partial charge in [-0.05, 0) is 36.8 Å². The Bertz CT molecular complexity index is 947. The molecule has 1 aliphatic carbocycles. The number of nitriles is 1. The Kier molecular flexibility index (Phi) is 3.85. The average molecular weight is 341 g/mol. The largest absolute Gasteiger partial charge is 0.480 e. The lowest BCUT2D eigenvalue weighted by Crippen LogP contribution is -2.28. The quantitative estimate of drug-likeness (QED) is 0.852. The lowest BCUT2D eigenvalue weighted by Gasteiger charge is -2.13. The van der Waals surface area contributed by atoms with Gasteiger partial charge in [-0.2, -0.15) is 5.26 Å². The Balaban J connectivity index is 1.80. The van der Waals surface area contributed by atoms with E-state index in [9.17, 15) is 18.9 Å². The van der Waals surface area contributed by atoms with Crippen molar-refractivity contribution >= 4 is 17.6 Å². The van der Waals surface area contributed by atoms with Crippen LogP contribution in [-0.4, -0.2) is 21.6 Å². The van der Waals surface area contributed by atoms with E-state index in [0.29, 0.717) is 5.69 Å². The van der Waals surface area contributed by atoms with Gasteiger partial charge in [0.2, 0.25) is 0 Å². The van der Waals surface area contributed by atoms with Gasteiger partial charge in [0.1, 0.15) is 0 Å². The second kappa shape index (κ2) is 5.87. The molecule has 2 atom stereocenters. The Morgan fingerprint density at radius 3 is 2.48 bits per heavy atom. The number of rotatable bonds is 4. The molecule has 1 amide bonds. The molecule has 1 fully saturated rings. The summed E-state index contributed by atoms with van der Waals surface area (Å²) in [7, 11) is 0. The highest BCUT2D eigenvalue weighted by Crippen LogP contribution is 2.53. The van der Waals surface area contributed by atoms with Gasteiger partial charge in [-0.1, -0.05) is 10.5 Å². The molecule has 126 valence electrons. The standard InChI is InChI=1S/C17H12FN3O4/c18-21(15(23)13-9-17(13,10-19)16(24)25)12-6-4-11(5-7-12)20-8-2-1-3-14(20)22/h1-8,13H,9H2,(H,24,25). The van der Waals surface area contributed by atoms with Crippen molar-refractivity contribution in [3.05, 3.63) is 59.0 Å². The molecule has 1 aromatic heterocycles. The third-order valence-corrected chi connectivity index (χ3v) is 4.21. The van der Waals surface area contributed by atoms with Crippen molar-refractivity contribution in [3.8, 4) is 11.8 Å². The SMILES string of the molecule is N#CC1(C(=O)O)CC1C(=O)N(F)c1ccc(-n2ccccc2=O)cc1. The lowest BCUT2D eigenvalue weighted by atomic mass is 10.1. The zero-order valence-corrected chi connectivity index (χ0v) is 12.8. The average Bonchev–Trinajstić information content (AvgIpc) is 3.37. The fourth-order valence-electron chi connectivity index (χ4n) is 2.62. The number of halogens is 1. The molecule has 8 heteroatoms. The van der Waals surface area contributed by atoms with E-state index < -0.39 is 23.2 Å². The first-order valence-corrected chi connectivity index (χ1v) is 7.33. The van der Waals surface area contributed by atoms with Crippen LogP contribution in [0.25, 0.3) is 5.69 Å². The van der Waals surface area contributed by atoms with Crippen LogP contribution in [0.5, 0.6) is 0 Å². The number of aromatic nitrogens is 1. The molecule has 2 unspecified atom stereocenters. The van der Waals surface area contributed by atoms with Crippen molar-refractivity contribution in [2.75, 3.05) is 5.12 Å². The minimum Gasteiger partial charge on any atom is -0.480 e. The van der Waals surface area contributed by atoms with Gasteiger partial charge in [0, 0.05) is 18.0 Å². The maximum absolute atomic E-state index is 14.3. The highest BCUT2D eigenvalue weighted by molar-refractivity contribution is 6.01. The first kappa shape index (κ1) is 16.4. The maximum atomic E-state index is 14.3. The molecule has 1 heterocycles. The van der Waals surface area contributed by atoms with Gasteiger partial charge >= 0.3 is 5.97 Å². The number of carbonyl (C=O) groups excluding carboxylic acids is 1.